The second kappa shape index (κ2) is 12.0. The molecule has 0 aliphatic heterocycles. The second-order valence-electron chi connectivity index (χ2n) is 8.31. The average Bonchev–Trinajstić information content (AvgIpc) is 2.90. The highest BCUT2D eigenvalue weighted by atomic mass is 35.5. The molecule has 0 atom stereocenters. The van der Waals surface area contributed by atoms with Crippen LogP contribution < -0.4 is 14.8 Å². The van der Waals surface area contributed by atoms with Crippen LogP contribution in [0.2, 0.25) is 5.15 Å². The van der Waals surface area contributed by atoms with Crippen molar-refractivity contribution in [1.29, 1.82) is 0 Å². The summed E-state index contributed by atoms with van der Waals surface area (Å²) in [6.07, 6.45) is 2.37. The number of aromatic nitrogens is 2. The number of sulfonamides is 1. The number of nitrogens with one attached hydrogen (secondary N) is 2. The van der Waals surface area contributed by atoms with Crippen LogP contribution in [-0.4, -0.2) is 37.7 Å². The van der Waals surface area contributed by atoms with Crippen molar-refractivity contribution in [2.24, 2.45) is 0 Å². The van der Waals surface area contributed by atoms with Gasteiger partial charge in [0.25, 0.3) is 5.91 Å². The van der Waals surface area contributed by atoms with Gasteiger partial charge in [0.15, 0.2) is 11.0 Å². The van der Waals surface area contributed by atoms with Crippen molar-refractivity contribution in [2.75, 3.05) is 23.4 Å². The van der Waals surface area contributed by atoms with Gasteiger partial charge in [0.05, 0.1) is 44.0 Å². The van der Waals surface area contributed by atoms with E-state index in [0.29, 0.717) is 35.9 Å². The Morgan fingerprint density at radius 1 is 0.974 bits per heavy atom. The average molecular weight is 553 g/mol. The molecule has 4 rings (SSSR count). The lowest BCUT2D eigenvalue weighted by Gasteiger charge is -2.12. The Kier molecular flexibility index (Phi) is 8.57. The number of hydrogen-bond donors (Lipinski definition) is 2. The van der Waals surface area contributed by atoms with Crippen LogP contribution in [0.1, 0.15) is 21.5 Å². The maximum Gasteiger partial charge on any atom is 0.259 e. The molecule has 0 fully saturated rings. The summed E-state index contributed by atoms with van der Waals surface area (Å²) in [7, 11) is -2.15. The van der Waals surface area contributed by atoms with Crippen LogP contribution in [0.15, 0.2) is 79.0 Å². The lowest BCUT2D eigenvalue weighted by Crippen LogP contribution is -2.14. The Balaban J connectivity index is 1.47. The van der Waals surface area contributed by atoms with E-state index in [-0.39, 0.29) is 16.5 Å². The fraction of sp³-hybridized carbons (Fsp3) is 0.148. The number of amides is 1. The van der Waals surface area contributed by atoms with Gasteiger partial charge in [-0.15, -0.1) is 0 Å². The highest BCUT2D eigenvalue weighted by Gasteiger charge is 2.17. The zero-order valence-electron chi connectivity index (χ0n) is 20.6. The van der Waals surface area contributed by atoms with Gasteiger partial charge in [0, 0.05) is 11.3 Å². The molecule has 1 aromatic heterocycles. The molecule has 0 saturated heterocycles. The first-order chi connectivity index (χ1) is 18.2. The van der Waals surface area contributed by atoms with Gasteiger partial charge in [0.1, 0.15) is 5.75 Å². The zero-order valence-corrected chi connectivity index (χ0v) is 22.2. The van der Waals surface area contributed by atoms with Crippen molar-refractivity contribution in [3.8, 4) is 17.0 Å². The quantitative estimate of drug-likeness (QED) is 0.279. The van der Waals surface area contributed by atoms with Gasteiger partial charge in [-0.2, -0.15) is 0 Å². The van der Waals surface area contributed by atoms with E-state index in [1.165, 1.54) is 13.3 Å². The molecule has 11 heteroatoms. The van der Waals surface area contributed by atoms with Crippen LogP contribution in [0, 0.1) is 0 Å². The lowest BCUT2D eigenvalue weighted by molar-refractivity contribution is 0.102. The van der Waals surface area contributed by atoms with Crippen LogP contribution >= 0.6 is 11.6 Å². The minimum atomic E-state index is -3.62. The third kappa shape index (κ3) is 7.28. The smallest absolute Gasteiger partial charge is 0.259 e. The summed E-state index contributed by atoms with van der Waals surface area (Å²) in [5.41, 5.74) is 3.76. The van der Waals surface area contributed by atoms with E-state index in [2.05, 4.69) is 20.0 Å². The van der Waals surface area contributed by atoms with Gasteiger partial charge < -0.3 is 14.8 Å². The number of benzene rings is 3. The summed E-state index contributed by atoms with van der Waals surface area (Å²) in [6, 6.07) is 22.2. The highest BCUT2D eigenvalue weighted by molar-refractivity contribution is 7.92. The van der Waals surface area contributed by atoms with E-state index in [1.807, 2.05) is 42.5 Å². The molecule has 1 amide bonds. The second-order valence-corrected chi connectivity index (χ2v) is 10.4. The number of nitrogens with zero attached hydrogens (tertiary/aromatic N) is 2. The van der Waals surface area contributed by atoms with Gasteiger partial charge in [-0.3, -0.25) is 9.52 Å². The predicted molar refractivity (Wildman–Crippen MR) is 147 cm³/mol. The standard InChI is InChI=1S/C27H25ClN4O5S/c1-36-24-13-10-20(23-15-29-25(28)26(31-23)32-38(2,34)35)14-22(24)27(33)30-21-11-8-19(9-12-21)17-37-16-18-6-4-3-5-7-18/h3-15H,16-17H2,1-2H3,(H,30,33)(H,31,32). The highest BCUT2D eigenvalue weighted by Crippen LogP contribution is 2.28. The number of carbonyl (C=O) groups is 1. The molecule has 0 radical (unpaired) electrons. The van der Waals surface area contributed by atoms with Crippen molar-refractivity contribution >= 4 is 39.0 Å². The Morgan fingerprint density at radius 3 is 2.32 bits per heavy atom. The van der Waals surface area contributed by atoms with E-state index >= 15 is 0 Å². The molecule has 9 nitrogen and oxygen atoms in total. The van der Waals surface area contributed by atoms with E-state index in [9.17, 15) is 13.2 Å². The topological polar surface area (TPSA) is 120 Å². The molecule has 2 N–H and O–H groups in total. The van der Waals surface area contributed by atoms with Gasteiger partial charge in [0.2, 0.25) is 10.0 Å². The Labute approximate surface area is 225 Å². The number of halogens is 1. The van der Waals surface area contributed by atoms with E-state index in [1.54, 1.807) is 30.3 Å². The lowest BCUT2D eigenvalue weighted by atomic mass is 10.1. The van der Waals surface area contributed by atoms with Gasteiger partial charge in [-0.1, -0.05) is 54.1 Å². The van der Waals surface area contributed by atoms with Gasteiger partial charge in [-0.25, -0.2) is 18.4 Å². The predicted octanol–water partition coefficient (Wildman–Crippen LogP) is 5.15. The number of rotatable bonds is 10. The first-order valence-electron chi connectivity index (χ1n) is 11.4. The fourth-order valence-electron chi connectivity index (χ4n) is 3.54. The summed E-state index contributed by atoms with van der Waals surface area (Å²) in [5.74, 6) is -0.150. The molecule has 0 aliphatic carbocycles. The van der Waals surface area contributed by atoms with Gasteiger partial charge in [-0.05, 0) is 41.5 Å². The SMILES string of the molecule is COc1ccc(-c2cnc(Cl)c(NS(C)(=O)=O)n2)cc1C(=O)Nc1ccc(COCc2ccccc2)cc1. The molecule has 0 spiro atoms. The first-order valence-corrected chi connectivity index (χ1v) is 13.7. The minimum Gasteiger partial charge on any atom is -0.496 e. The third-order valence-corrected chi connectivity index (χ3v) is 6.18. The monoisotopic (exact) mass is 552 g/mol. The Hall–Kier alpha value is -3.99. The third-order valence-electron chi connectivity index (χ3n) is 5.34. The Morgan fingerprint density at radius 2 is 1.66 bits per heavy atom. The van der Waals surface area contributed by atoms with Gasteiger partial charge >= 0.3 is 0 Å². The van der Waals surface area contributed by atoms with Crippen molar-refractivity contribution in [1.82, 2.24) is 9.97 Å². The minimum absolute atomic E-state index is 0.0976. The summed E-state index contributed by atoms with van der Waals surface area (Å²) in [4.78, 5) is 21.4. The van der Waals surface area contributed by atoms with E-state index < -0.39 is 15.9 Å². The summed E-state index contributed by atoms with van der Waals surface area (Å²) >= 11 is 5.98. The number of methoxy groups -OCH3 is 1. The largest absolute Gasteiger partial charge is 0.496 e. The molecular formula is C27H25ClN4O5S. The molecule has 0 saturated carbocycles. The maximum atomic E-state index is 13.1. The normalized spacial score (nSPS) is 11.1. The van der Waals surface area contributed by atoms with Crippen molar-refractivity contribution in [2.45, 2.75) is 13.2 Å². The molecule has 0 aliphatic rings. The van der Waals surface area contributed by atoms with E-state index in [0.717, 1.165) is 17.4 Å². The van der Waals surface area contributed by atoms with Crippen molar-refractivity contribution in [3.05, 3.63) is 101 Å². The molecule has 4 aromatic rings. The van der Waals surface area contributed by atoms with E-state index in [4.69, 9.17) is 21.1 Å². The summed E-state index contributed by atoms with van der Waals surface area (Å²) < 4.78 is 36.6. The Bertz CT molecular complexity index is 1530. The van der Waals surface area contributed by atoms with Crippen LogP contribution in [0.25, 0.3) is 11.3 Å². The molecule has 3 aromatic carbocycles. The number of hydrogen-bond acceptors (Lipinski definition) is 7. The van der Waals surface area contributed by atoms with Crippen molar-refractivity contribution < 1.29 is 22.7 Å². The van der Waals surface area contributed by atoms with Crippen LogP contribution in [-0.2, 0) is 28.0 Å². The van der Waals surface area contributed by atoms with Crippen LogP contribution in [0.3, 0.4) is 0 Å². The molecule has 38 heavy (non-hydrogen) atoms. The molecule has 0 bridgehead atoms. The molecular weight excluding hydrogens is 528 g/mol. The van der Waals surface area contributed by atoms with Crippen LogP contribution in [0.4, 0.5) is 11.5 Å². The molecule has 1 heterocycles. The summed E-state index contributed by atoms with van der Waals surface area (Å²) in [6.45, 7) is 0.955. The van der Waals surface area contributed by atoms with Crippen LogP contribution in [0.5, 0.6) is 5.75 Å². The first kappa shape index (κ1) is 27.1. The number of carbonyl (C=O) groups excluding carboxylic acids is 1. The summed E-state index contributed by atoms with van der Waals surface area (Å²) in [5, 5.41) is 2.77. The molecule has 0 unspecified atom stereocenters. The fourth-order valence-corrected chi connectivity index (χ4v) is 4.23. The maximum absolute atomic E-state index is 13.1. The number of ether oxygens (including phenoxy) is 2. The number of anilines is 2. The zero-order chi connectivity index (χ0) is 27.1. The molecule has 196 valence electrons. The van der Waals surface area contributed by atoms with Crippen molar-refractivity contribution in [3.63, 3.8) is 0 Å².